The van der Waals surface area contributed by atoms with E-state index in [4.69, 9.17) is 0 Å². The van der Waals surface area contributed by atoms with Crippen molar-refractivity contribution in [1.82, 2.24) is 15.2 Å². The maximum Gasteiger partial charge on any atom is 0.240 e. The van der Waals surface area contributed by atoms with Crippen molar-refractivity contribution < 1.29 is 9.90 Å². The van der Waals surface area contributed by atoms with Crippen molar-refractivity contribution in [3.8, 4) is 5.75 Å². The number of para-hydroxylation sites is 1. The summed E-state index contributed by atoms with van der Waals surface area (Å²) in [4.78, 5) is 16.3. The number of benzene rings is 2. The monoisotopic (exact) mass is 431 g/mol. The average Bonchev–Trinajstić information content (AvgIpc) is 3.10. The first-order chi connectivity index (χ1) is 12.6. The summed E-state index contributed by atoms with van der Waals surface area (Å²) in [5.74, 6) is 0.716. The molecule has 0 radical (unpaired) electrons. The number of Topliss-reactive ketones (excluding diaryl/α,β-unsaturated/α-hetero) is 1. The molecule has 0 spiro atoms. The van der Waals surface area contributed by atoms with E-state index in [1.54, 1.807) is 36.4 Å². The molecule has 0 aliphatic heterocycles. The summed E-state index contributed by atoms with van der Waals surface area (Å²) in [7, 11) is 0. The molecule has 1 heterocycles. The van der Waals surface area contributed by atoms with Gasteiger partial charge in [-0.05, 0) is 24.3 Å². The molecule has 0 fully saturated rings. The zero-order valence-electron chi connectivity index (χ0n) is 13.4. The van der Waals surface area contributed by atoms with Gasteiger partial charge in [-0.1, -0.05) is 52.0 Å². The first kappa shape index (κ1) is 18.2. The first-order valence-corrected chi connectivity index (χ1v) is 9.31. The molecule has 0 saturated heterocycles. The number of ketones is 1. The average molecular weight is 432 g/mol. The van der Waals surface area contributed by atoms with Crippen molar-refractivity contribution >= 4 is 45.6 Å². The first-order valence-electron chi connectivity index (χ1n) is 7.53. The summed E-state index contributed by atoms with van der Waals surface area (Å²) in [6.45, 7) is 0. The van der Waals surface area contributed by atoms with Gasteiger partial charge >= 0.3 is 0 Å². The van der Waals surface area contributed by atoms with Gasteiger partial charge in [0.15, 0.2) is 5.78 Å². The largest absolute Gasteiger partial charge is 0.507 e. The third-order valence-electron chi connectivity index (χ3n) is 3.27. The van der Waals surface area contributed by atoms with Crippen LogP contribution in [0.4, 0.5) is 5.95 Å². The van der Waals surface area contributed by atoms with Crippen LogP contribution >= 0.6 is 27.7 Å². The molecule has 7 nitrogen and oxygen atoms in total. The van der Waals surface area contributed by atoms with Crippen molar-refractivity contribution in [2.45, 2.75) is 5.16 Å². The molecule has 0 bridgehead atoms. The lowest BCUT2D eigenvalue weighted by Crippen LogP contribution is -2.02. The fraction of sp³-hybridized carbons (Fsp3) is 0.0588. The van der Waals surface area contributed by atoms with Gasteiger partial charge in [0.25, 0.3) is 0 Å². The van der Waals surface area contributed by atoms with E-state index in [2.05, 4.69) is 41.6 Å². The number of carbonyl (C=O) groups excluding carboxylic acids is 1. The number of hydrogen-bond donors (Lipinski definition) is 3. The van der Waals surface area contributed by atoms with Crippen molar-refractivity contribution in [3.63, 3.8) is 0 Å². The van der Waals surface area contributed by atoms with Crippen LogP contribution in [0.1, 0.15) is 15.9 Å². The quantitative estimate of drug-likeness (QED) is 0.228. The summed E-state index contributed by atoms with van der Waals surface area (Å²) in [6, 6.07) is 14.0. The predicted octanol–water partition coefficient (Wildman–Crippen LogP) is 3.69. The zero-order chi connectivity index (χ0) is 18.4. The highest BCUT2D eigenvalue weighted by Crippen LogP contribution is 2.18. The number of hydrogen-bond acceptors (Lipinski definition) is 7. The summed E-state index contributed by atoms with van der Waals surface area (Å²) < 4.78 is 0.927. The standard InChI is InChI=1S/C17H14BrN5O2S/c18-13-7-5-11(6-8-13)15(25)10-26-17-20-16(22-23-17)21-19-9-12-3-1-2-4-14(12)24/h1-9,24H,10H2,(H2,20,21,22,23)/b19-9-. The van der Waals surface area contributed by atoms with Crippen LogP contribution in [-0.2, 0) is 0 Å². The van der Waals surface area contributed by atoms with Crippen molar-refractivity contribution in [3.05, 3.63) is 64.1 Å². The number of carbonyl (C=O) groups is 1. The Kier molecular flexibility index (Phi) is 6.03. The van der Waals surface area contributed by atoms with E-state index in [9.17, 15) is 9.90 Å². The Morgan fingerprint density at radius 2 is 2.04 bits per heavy atom. The van der Waals surface area contributed by atoms with E-state index < -0.39 is 0 Å². The minimum Gasteiger partial charge on any atom is -0.507 e. The van der Waals surface area contributed by atoms with Crippen LogP contribution in [0.3, 0.4) is 0 Å². The molecule has 0 aliphatic carbocycles. The molecule has 0 atom stereocenters. The van der Waals surface area contributed by atoms with E-state index >= 15 is 0 Å². The van der Waals surface area contributed by atoms with Crippen LogP contribution in [-0.4, -0.2) is 38.0 Å². The molecule has 3 rings (SSSR count). The molecule has 0 saturated carbocycles. The number of H-pyrrole nitrogens is 1. The minimum absolute atomic E-state index is 0.000571. The van der Waals surface area contributed by atoms with Crippen LogP contribution in [0, 0.1) is 0 Å². The molecule has 3 aromatic rings. The number of nitrogens with zero attached hydrogens (tertiary/aromatic N) is 3. The molecule has 0 aliphatic rings. The van der Waals surface area contributed by atoms with E-state index in [1.807, 2.05) is 12.1 Å². The Labute approximate surface area is 162 Å². The van der Waals surface area contributed by atoms with Crippen molar-refractivity contribution in [1.29, 1.82) is 0 Å². The molecular weight excluding hydrogens is 418 g/mol. The van der Waals surface area contributed by atoms with Crippen molar-refractivity contribution in [2.75, 3.05) is 11.2 Å². The van der Waals surface area contributed by atoms with Gasteiger partial charge in [-0.25, -0.2) is 10.5 Å². The molecular formula is C17H14BrN5O2S. The second-order valence-electron chi connectivity index (χ2n) is 5.11. The van der Waals surface area contributed by atoms with Gasteiger partial charge in [0.1, 0.15) is 5.75 Å². The number of aromatic amines is 1. The van der Waals surface area contributed by atoms with Crippen LogP contribution in [0.2, 0.25) is 0 Å². The van der Waals surface area contributed by atoms with Gasteiger partial charge in [0, 0.05) is 15.6 Å². The van der Waals surface area contributed by atoms with E-state index in [-0.39, 0.29) is 17.3 Å². The number of aromatic hydroxyl groups is 1. The minimum atomic E-state index is -0.000571. The molecule has 0 amide bonds. The number of halogens is 1. The lowest BCUT2D eigenvalue weighted by Gasteiger charge is -1.99. The number of phenols is 1. The van der Waals surface area contributed by atoms with Crippen LogP contribution in [0.15, 0.2) is 63.3 Å². The molecule has 1 aromatic heterocycles. The number of rotatable bonds is 7. The fourth-order valence-corrected chi connectivity index (χ4v) is 2.93. The normalized spacial score (nSPS) is 11.0. The summed E-state index contributed by atoms with van der Waals surface area (Å²) in [5.41, 5.74) is 3.91. The molecule has 3 N–H and O–H groups in total. The smallest absolute Gasteiger partial charge is 0.240 e. The Hall–Kier alpha value is -2.65. The maximum absolute atomic E-state index is 12.1. The van der Waals surface area contributed by atoms with Gasteiger partial charge in [-0.2, -0.15) is 10.1 Å². The van der Waals surface area contributed by atoms with Gasteiger partial charge in [-0.3, -0.25) is 4.79 Å². The summed E-state index contributed by atoms with van der Waals surface area (Å²) in [5, 5.41) is 20.8. The van der Waals surface area contributed by atoms with E-state index in [1.165, 1.54) is 18.0 Å². The number of hydrazone groups is 1. The number of thioether (sulfide) groups is 1. The fourth-order valence-electron chi connectivity index (χ4n) is 1.97. The van der Waals surface area contributed by atoms with Gasteiger partial charge < -0.3 is 5.11 Å². The van der Waals surface area contributed by atoms with Crippen molar-refractivity contribution in [2.24, 2.45) is 5.10 Å². The zero-order valence-corrected chi connectivity index (χ0v) is 15.8. The lowest BCUT2D eigenvalue weighted by molar-refractivity contribution is 0.102. The third-order valence-corrected chi connectivity index (χ3v) is 4.65. The van der Waals surface area contributed by atoms with Crippen LogP contribution in [0.25, 0.3) is 0 Å². The summed E-state index contributed by atoms with van der Waals surface area (Å²) >= 11 is 4.57. The number of aromatic nitrogens is 3. The lowest BCUT2D eigenvalue weighted by atomic mass is 10.2. The summed E-state index contributed by atoms with van der Waals surface area (Å²) in [6.07, 6.45) is 1.47. The Balaban J connectivity index is 1.52. The molecule has 9 heteroatoms. The van der Waals surface area contributed by atoms with E-state index in [0.717, 1.165) is 4.47 Å². The topological polar surface area (TPSA) is 103 Å². The third kappa shape index (κ3) is 4.93. The highest BCUT2D eigenvalue weighted by atomic mass is 79.9. The van der Waals surface area contributed by atoms with Crippen LogP contribution < -0.4 is 5.43 Å². The number of phenolic OH excluding ortho intramolecular Hbond substituents is 1. The second kappa shape index (κ2) is 8.63. The van der Waals surface area contributed by atoms with Gasteiger partial charge in [0.05, 0.1) is 12.0 Å². The number of anilines is 1. The highest BCUT2D eigenvalue weighted by molar-refractivity contribution is 9.10. The van der Waals surface area contributed by atoms with Gasteiger partial charge in [0.2, 0.25) is 11.1 Å². The Morgan fingerprint density at radius 3 is 2.81 bits per heavy atom. The van der Waals surface area contributed by atoms with Crippen LogP contribution in [0.5, 0.6) is 5.75 Å². The Bertz CT molecular complexity index is 927. The molecule has 26 heavy (non-hydrogen) atoms. The highest BCUT2D eigenvalue weighted by Gasteiger charge is 2.09. The molecule has 0 unspecified atom stereocenters. The molecule has 132 valence electrons. The number of nitrogens with one attached hydrogen (secondary N) is 2. The predicted molar refractivity (Wildman–Crippen MR) is 105 cm³/mol. The van der Waals surface area contributed by atoms with E-state index in [0.29, 0.717) is 22.2 Å². The molecule has 2 aromatic carbocycles. The van der Waals surface area contributed by atoms with Gasteiger partial charge in [-0.15, -0.1) is 5.10 Å². The Morgan fingerprint density at radius 1 is 1.27 bits per heavy atom. The second-order valence-corrected chi connectivity index (χ2v) is 6.97. The maximum atomic E-state index is 12.1. The SMILES string of the molecule is O=C(CSc1n[nH]c(N/N=C\c2ccccc2O)n1)c1ccc(Br)cc1.